The molecule has 0 amide bonds. The van der Waals surface area contributed by atoms with Crippen molar-refractivity contribution >= 4 is 26.7 Å². The van der Waals surface area contributed by atoms with E-state index in [1.54, 1.807) is 28.4 Å². The van der Waals surface area contributed by atoms with Crippen LogP contribution in [0, 0.1) is 5.92 Å². The van der Waals surface area contributed by atoms with Crippen LogP contribution in [-0.2, 0) is 7.05 Å². The summed E-state index contributed by atoms with van der Waals surface area (Å²) in [5.74, 6) is 1.99. The van der Waals surface area contributed by atoms with E-state index in [0.29, 0.717) is 5.92 Å². The van der Waals surface area contributed by atoms with E-state index in [2.05, 4.69) is 15.4 Å². The van der Waals surface area contributed by atoms with E-state index in [9.17, 15) is 5.11 Å². The zero-order chi connectivity index (χ0) is 21.9. The maximum Gasteiger partial charge on any atom is 0.184 e. The van der Waals surface area contributed by atoms with Crippen molar-refractivity contribution < 1.29 is 9.84 Å². The highest BCUT2D eigenvalue weighted by Gasteiger charge is 2.24. The van der Waals surface area contributed by atoms with Gasteiger partial charge in [0.05, 0.1) is 34.8 Å². The van der Waals surface area contributed by atoms with Crippen LogP contribution in [0.5, 0.6) is 11.5 Å². The number of hydrogen-bond acceptors (Lipinski definition) is 7. The Labute approximate surface area is 191 Å². The Bertz CT molecular complexity index is 1200. The molecule has 166 valence electrons. The zero-order valence-corrected chi connectivity index (χ0v) is 18.9. The van der Waals surface area contributed by atoms with Crippen molar-refractivity contribution in [2.75, 3.05) is 11.9 Å². The normalized spacial score (nSPS) is 15.7. The van der Waals surface area contributed by atoms with Crippen molar-refractivity contribution in [1.82, 2.24) is 19.7 Å². The molecule has 1 fully saturated rings. The monoisotopic (exact) mass is 449 g/mol. The number of benzene rings is 1. The summed E-state index contributed by atoms with van der Waals surface area (Å²) in [6, 6.07) is 9.74. The first-order valence-corrected chi connectivity index (χ1v) is 11.9. The maximum absolute atomic E-state index is 9.91. The SMILES string of the molecule is Cn1cc(-c2cc(Oc3ccc4nc(NC(CO)C5CCCCC5)sc4c3)ccn2)cn1. The number of aliphatic hydroxyl groups is 1. The number of thiazole rings is 1. The quantitative estimate of drug-likeness (QED) is 0.401. The van der Waals surface area contributed by atoms with Gasteiger partial charge in [-0.1, -0.05) is 30.6 Å². The number of nitrogens with zero attached hydrogens (tertiary/aromatic N) is 4. The molecule has 1 aliphatic carbocycles. The molecule has 0 spiro atoms. The third-order valence-corrected chi connectivity index (χ3v) is 7.00. The average molecular weight is 450 g/mol. The van der Waals surface area contributed by atoms with Gasteiger partial charge in [-0.25, -0.2) is 4.98 Å². The maximum atomic E-state index is 9.91. The van der Waals surface area contributed by atoms with Crippen molar-refractivity contribution in [3.63, 3.8) is 0 Å². The average Bonchev–Trinajstić information content (AvgIpc) is 3.43. The summed E-state index contributed by atoms with van der Waals surface area (Å²) in [4.78, 5) is 9.14. The lowest BCUT2D eigenvalue weighted by atomic mass is 9.84. The molecule has 3 aromatic heterocycles. The van der Waals surface area contributed by atoms with Crippen LogP contribution in [0.3, 0.4) is 0 Å². The van der Waals surface area contributed by atoms with E-state index in [-0.39, 0.29) is 12.6 Å². The van der Waals surface area contributed by atoms with Crippen LogP contribution < -0.4 is 10.1 Å². The van der Waals surface area contributed by atoms with Crippen LogP contribution in [0.15, 0.2) is 48.9 Å². The lowest BCUT2D eigenvalue weighted by molar-refractivity contribution is 0.209. The molecule has 0 aliphatic heterocycles. The molecule has 2 N–H and O–H groups in total. The minimum absolute atomic E-state index is 0.0642. The largest absolute Gasteiger partial charge is 0.457 e. The molecule has 1 aliphatic rings. The first-order chi connectivity index (χ1) is 15.7. The first-order valence-electron chi connectivity index (χ1n) is 11.1. The summed E-state index contributed by atoms with van der Waals surface area (Å²) < 4.78 is 8.91. The van der Waals surface area contributed by atoms with Gasteiger partial charge in [-0.2, -0.15) is 5.10 Å². The Morgan fingerprint density at radius 3 is 2.81 bits per heavy atom. The minimum Gasteiger partial charge on any atom is -0.457 e. The molecular formula is C24H27N5O2S. The molecule has 32 heavy (non-hydrogen) atoms. The number of nitrogens with one attached hydrogen (secondary N) is 1. The number of rotatable bonds is 7. The van der Waals surface area contributed by atoms with Crippen molar-refractivity contribution in [1.29, 1.82) is 0 Å². The summed E-state index contributed by atoms with van der Waals surface area (Å²) in [6.07, 6.45) is 11.6. The van der Waals surface area contributed by atoms with E-state index < -0.39 is 0 Å². The highest BCUT2D eigenvalue weighted by atomic mass is 32.1. The van der Waals surface area contributed by atoms with Gasteiger partial charge in [-0.15, -0.1) is 0 Å². The molecule has 0 bridgehead atoms. The van der Waals surface area contributed by atoms with E-state index in [1.165, 1.54) is 32.1 Å². The molecule has 0 radical (unpaired) electrons. The fourth-order valence-electron chi connectivity index (χ4n) is 4.36. The summed E-state index contributed by atoms with van der Waals surface area (Å²) in [5, 5.41) is 18.5. The van der Waals surface area contributed by atoms with Gasteiger partial charge >= 0.3 is 0 Å². The standard InChI is InChI=1S/C24H27N5O2S/c1-29-14-17(13-26-29)21-11-19(9-10-25-21)31-18-7-8-20-23(12-18)32-24(27-20)28-22(15-30)16-5-3-2-4-6-16/h7-14,16,22,30H,2-6,15H2,1H3,(H,27,28). The second-order valence-electron chi connectivity index (χ2n) is 8.36. The van der Waals surface area contributed by atoms with Crippen molar-refractivity contribution in [2.24, 2.45) is 13.0 Å². The summed E-state index contributed by atoms with van der Waals surface area (Å²) in [5.41, 5.74) is 2.69. The highest BCUT2D eigenvalue weighted by molar-refractivity contribution is 7.22. The van der Waals surface area contributed by atoms with Gasteiger partial charge < -0.3 is 15.2 Å². The number of aryl methyl sites for hydroxylation is 1. The molecule has 4 aromatic rings. The zero-order valence-electron chi connectivity index (χ0n) is 18.1. The number of aliphatic hydroxyl groups excluding tert-OH is 1. The summed E-state index contributed by atoms with van der Waals surface area (Å²) in [6.45, 7) is 0.135. The lowest BCUT2D eigenvalue weighted by Crippen LogP contribution is -2.33. The predicted molar refractivity (Wildman–Crippen MR) is 127 cm³/mol. The Balaban J connectivity index is 1.32. The topological polar surface area (TPSA) is 85.1 Å². The molecular weight excluding hydrogens is 422 g/mol. The molecule has 1 saturated carbocycles. The minimum atomic E-state index is 0.0642. The summed E-state index contributed by atoms with van der Waals surface area (Å²) >= 11 is 1.60. The van der Waals surface area contributed by atoms with Gasteiger partial charge in [0.1, 0.15) is 11.5 Å². The summed E-state index contributed by atoms with van der Waals surface area (Å²) in [7, 11) is 1.88. The van der Waals surface area contributed by atoms with E-state index in [0.717, 1.165) is 38.1 Å². The number of fused-ring (bicyclic) bond motifs is 1. The van der Waals surface area contributed by atoms with Crippen LogP contribution in [0.25, 0.3) is 21.5 Å². The molecule has 0 saturated heterocycles. The third-order valence-electron chi connectivity index (χ3n) is 6.05. The van der Waals surface area contributed by atoms with Gasteiger partial charge in [0.2, 0.25) is 0 Å². The Kier molecular flexibility index (Phi) is 6.05. The number of anilines is 1. The number of aromatic nitrogens is 4. The predicted octanol–water partition coefficient (Wildman–Crippen LogP) is 5.24. The van der Waals surface area contributed by atoms with Crippen LogP contribution >= 0.6 is 11.3 Å². The van der Waals surface area contributed by atoms with Gasteiger partial charge in [-0.05, 0) is 37.0 Å². The molecule has 3 heterocycles. The van der Waals surface area contributed by atoms with Crippen LogP contribution in [0.1, 0.15) is 32.1 Å². The van der Waals surface area contributed by atoms with Crippen LogP contribution in [0.2, 0.25) is 0 Å². The molecule has 1 unspecified atom stereocenters. The van der Waals surface area contributed by atoms with E-state index in [4.69, 9.17) is 9.72 Å². The molecule has 8 heteroatoms. The van der Waals surface area contributed by atoms with Crippen molar-refractivity contribution in [3.05, 3.63) is 48.9 Å². The van der Waals surface area contributed by atoms with Gasteiger partial charge in [-0.3, -0.25) is 9.67 Å². The molecule has 1 aromatic carbocycles. The molecule has 5 rings (SSSR count). The second-order valence-corrected chi connectivity index (χ2v) is 9.39. The molecule has 1 atom stereocenters. The van der Waals surface area contributed by atoms with E-state index >= 15 is 0 Å². The van der Waals surface area contributed by atoms with Crippen LogP contribution in [0.4, 0.5) is 5.13 Å². The number of ether oxygens (including phenoxy) is 1. The Hall–Kier alpha value is -2.97. The van der Waals surface area contributed by atoms with Gasteiger partial charge in [0.25, 0.3) is 0 Å². The number of hydrogen-bond donors (Lipinski definition) is 2. The van der Waals surface area contributed by atoms with Crippen molar-refractivity contribution in [2.45, 2.75) is 38.1 Å². The fraction of sp³-hybridized carbons (Fsp3) is 0.375. The van der Waals surface area contributed by atoms with E-state index in [1.807, 2.05) is 43.6 Å². The third kappa shape index (κ3) is 4.61. The fourth-order valence-corrected chi connectivity index (χ4v) is 5.32. The van der Waals surface area contributed by atoms with Gasteiger partial charge in [0.15, 0.2) is 5.13 Å². The van der Waals surface area contributed by atoms with Crippen LogP contribution in [-0.4, -0.2) is 37.5 Å². The van der Waals surface area contributed by atoms with Crippen molar-refractivity contribution in [3.8, 4) is 22.8 Å². The second kappa shape index (κ2) is 9.26. The smallest absolute Gasteiger partial charge is 0.184 e. The molecule has 7 nitrogen and oxygen atoms in total. The number of pyridine rings is 1. The Morgan fingerprint density at radius 2 is 2.03 bits per heavy atom. The van der Waals surface area contributed by atoms with Gasteiger partial charge in [0, 0.05) is 37.1 Å². The highest BCUT2D eigenvalue weighted by Crippen LogP contribution is 2.34. The lowest BCUT2D eigenvalue weighted by Gasteiger charge is -2.29. The Morgan fingerprint density at radius 1 is 1.19 bits per heavy atom. The first kappa shape index (κ1) is 20.9.